The van der Waals surface area contributed by atoms with Crippen LogP contribution < -0.4 is 15.6 Å². The first-order valence-corrected chi connectivity index (χ1v) is 9.82. The number of piperidine rings is 1. The van der Waals surface area contributed by atoms with Crippen molar-refractivity contribution >= 4 is 17.7 Å². The number of amides is 3. The summed E-state index contributed by atoms with van der Waals surface area (Å²) in [6, 6.07) is 13.4. The molecule has 0 radical (unpaired) electrons. The second-order valence-electron chi connectivity index (χ2n) is 7.05. The van der Waals surface area contributed by atoms with E-state index in [-0.39, 0.29) is 5.91 Å². The molecule has 7 nitrogen and oxygen atoms in total. The quantitative estimate of drug-likeness (QED) is 0.713. The second kappa shape index (κ2) is 9.87. The third kappa shape index (κ3) is 5.34. The first kappa shape index (κ1) is 21.3. The van der Waals surface area contributed by atoms with Crippen molar-refractivity contribution in [3.8, 4) is 5.75 Å². The number of hydrogen-bond donors (Lipinski definition) is 2. The average Bonchev–Trinajstić information content (AvgIpc) is 2.76. The van der Waals surface area contributed by atoms with Crippen molar-refractivity contribution in [2.24, 2.45) is 0 Å². The number of benzene rings is 2. The van der Waals surface area contributed by atoms with Crippen molar-refractivity contribution in [2.75, 3.05) is 6.54 Å². The Bertz CT molecular complexity index is 889. The summed E-state index contributed by atoms with van der Waals surface area (Å²) in [6.07, 6.45) is 1.08. The van der Waals surface area contributed by atoms with Crippen LogP contribution in [0.2, 0.25) is 0 Å². The van der Waals surface area contributed by atoms with Crippen molar-refractivity contribution in [1.82, 2.24) is 15.8 Å². The molecule has 2 N–H and O–H groups in total. The molecule has 1 aliphatic heterocycles. The molecule has 2 aromatic carbocycles. The lowest BCUT2D eigenvalue weighted by Crippen LogP contribution is -2.52. The van der Waals surface area contributed by atoms with Crippen LogP contribution in [0.3, 0.4) is 0 Å². The molecule has 1 fully saturated rings. The van der Waals surface area contributed by atoms with Crippen LogP contribution in [0.15, 0.2) is 54.6 Å². The lowest BCUT2D eigenvalue weighted by molar-refractivity contribution is -0.144. The van der Waals surface area contributed by atoms with Gasteiger partial charge in [-0.15, -0.1) is 0 Å². The zero-order valence-electron chi connectivity index (χ0n) is 16.6. The number of carbonyl (C=O) groups is 3. The molecule has 0 aromatic heterocycles. The van der Waals surface area contributed by atoms with Crippen LogP contribution in [0.1, 0.15) is 37.8 Å². The molecular formula is C22H24FN3O4. The van der Waals surface area contributed by atoms with E-state index in [1.807, 2.05) is 6.07 Å². The average molecular weight is 413 g/mol. The summed E-state index contributed by atoms with van der Waals surface area (Å²) in [4.78, 5) is 39.2. The fourth-order valence-corrected chi connectivity index (χ4v) is 3.27. The van der Waals surface area contributed by atoms with E-state index < -0.39 is 29.8 Å². The maximum atomic E-state index is 13.0. The summed E-state index contributed by atoms with van der Waals surface area (Å²) in [5.74, 6) is -1.27. The number of hydrazine groups is 1. The third-order valence-electron chi connectivity index (χ3n) is 4.84. The molecule has 1 aliphatic rings. The normalized spacial score (nSPS) is 15.8. The lowest BCUT2D eigenvalue weighted by Gasteiger charge is -2.34. The highest BCUT2D eigenvalue weighted by Crippen LogP contribution is 2.25. The number of nitrogens with zero attached hydrogens (tertiary/aromatic N) is 1. The zero-order valence-corrected chi connectivity index (χ0v) is 16.6. The Balaban J connectivity index is 1.64. The van der Waals surface area contributed by atoms with Crippen LogP contribution in [-0.4, -0.2) is 35.3 Å². The Hall–Kier alpha value is -3.42. The molecule has 0 saturated carbocycles. The highest BCUT2D eigenvalue weighted by Gasteiger charge is 2.33. The maximum absolute atomic E-state index is 13.0. The SMILES string of the molecule is CC(Oc1ccc(F)cc1)C(=O)NNC(=O)C(c1ccccc1)N1CCCCC1=O. The van der Waals surface area contributed by atoms with E-state index in [2.05, 4.69) is 10.9 Å². The van der Waals surface area contributed by atoms with Crippen molar-refractivity contribution in [3.05, 3.63) is 66.0 Å². The summed E-state index contributed by atoms with van der Waals surface area (Å²) >= 11 is 0. The predicted molar refractivity (Wildman–Crippen MR) is 108 cm³/mol. The van der Waals surface area contributed by atoms with E-state index in [4.69, 9.17) is 4.74 Å². The third-order valence-corrected chi connectivity index (χ3v) is 4.84. The minimum atomic E-state index is -0.928. The van der Waals surface area contributed by atoms with Crippen molar-refractivity contribution in [2.45, 2.75) is 38.3 Å². The van der Waals surface area contributed by atoms with Gasteiger partial charge in [0.1, 0.15) is 17.6 Å². The van der Waals surface area contributed by atoms with Gasteiger partial charge in [0, 0.05) is 13.0 Å². The summed E-state index contributed by atoms with van der Waals surface area (Å²) in [6.45, 7) is 1.98. The first-order valence-electron chi connectivity index (χ1n) is 9.82. The van der Waals surface area contributed by atoms with Crippen molar-refractivity contribution in [1.29, 1.82) is 0 Å². The van der Waals surface area contributed by atoms with Gasteiger partial charge in [-0.1, -0.05) is 30.3 Å². The van der Waals surface area contributed by atoms with Crippen molar-refractivity contribution < 1.29 is 23.5 Å². The van der Waals surface area contributed by atoms with Gasteiger partial charge in [0.2, 0.25) is 5.91 Å². The molecule has 0 bridgehead atoms. The van der Waals surface area contributed by atoms with Gasteiger partial charge in [0.05, 0.1) is 0 Å². The van der Waals surface area contributed by atoms with Gasteiger partial charge < -0.3 is 9.64 Å². The standard InChI is InChI=1S/C22H24FN3O4/c1-15(30-18-12-10-17(23)11-13-18)21(28)24-25-22(29)20(16-7-3-2-4-8-16)26-14-6-5-9-19(26)27/h2-4,7-8,10-13,15,20H,5-6,9,14H2,1H3,(H,24,28)(H,25,29). The smallest absolute Gasteiger partial charge is 0.279 e. The van der Waals surface area contributed by atoms with Gasteiger partial charge >= 0.3 is 0 Å². The second-order valence-corrected chi connectivity index (χ2v) is 7.05. The Morgan fingerprint density at radius 2 is 1.67 bits per heavy atom. The van der Waals surface area contributed by atoms with Gasteiger partial charge in [-0.25, -0.2) is 4.39 Å². The van der Waals surface area contributed by atoms with Gasteiger partial charge in [-0.05, 0) is 49.6 Å². The minimum Gasteiger partial charge on any atom is -0.481 e. The molecule has 1 saturated heterocycles. The van der Waals surface area contributed by atoms with E-state index in [0.29, 0.717) is 24.3 Å². The number of halogens is 1. The Labute approximate surface area is 174 Å². The maximum Gasteiger partial charge on any atom is 0.279 e. The van der Waals surface area contributed by atoms with E-state index in [1.54, 1.807) is 29.2 Å². The molecule has 3 amide bonds. The largest absolute Gasteiger partial charge is 0.481 e. The summed E-state index contributed by atoms with van der Waals surface area (Å²) < 4.78 is 18.4. The number of carbonyl (C=O) groups excluding carboxylic acids is 3. The monoisotopic (exact) mass is 413 g/mol. The lowest BCUT2D eigenvalue weighted by atomic mass is 10.0. The number of nitrogens with one attached hydrogen (secondary N) is 2. The molecule has 30 heavy (non-hydrogen) atoms. The molecule has 3 rings (SSSR count). The van der Waals surface area contributed by atoms with Crippen LogP contribution in [0, 0.1) is 5.82 Å². The van der Waals surface area contributed by atoms with E-state index >= 15 is 0 Å². The highest BCUT2D eigenvalue weighted by molar-refractivity contribution is 5.91. The van der Waals surface area contributed by atoms with Crippen LogP contribution in [0.4, 0.5) is 4.39 Å². The number of ether oxygens (including phenoxy) is 1. The molecule has 158 valence electrons. The number of rotatable bonds is 6. The van der Waals surface area contributed by atoms with E-state index in [9.17, 15) is 18.8 Å². The van der Waals surface area contributed by atoms with Gasteiger partial charge in [-0.2, -0.15) is 0 Å². The molecule has 2 atom stereocenters. The van der Waals surface area contributed by atoms with E-state index in [1.165, 1.54) is 31.2 Å². The highest BCUT2D eigenvalue weighted by atomic mass is 19.1. The zero-order chi connectivity index (χ0) is 21.5. The molecular weight excluding hydrogens is 389 g/mol. The van der Waals surface area contributed by atoms with Crippen LogP contribution in [-0.2, 0) is 14.4 Å². The van der Waals surface area contributed by atoms with Gasteiger partial charge in [0.25, 0.3) is 11.8 Å². The van der Waals surface area contributed by atoms with Crippen LogP contribution >= 0.6 is 0 Å². The first-order chi connectivity index (χ1) is 14.5. The Morgan fingerprint density at radius 1 is 1.00 bits per heavy atom. The molecule has 0 spiro atoms. The number of likely N-dealkylation sites (tertiary alicyclic amines) is 1. The summed E-state index contributed by atoms with van der Waals surface area (Å²) in [5, 5.41) is 0. The Kier molecular flexibility index (Phi) is 7.00. The predicted octanol–water partition coefficient (Wildman–Crippen LogP) is 2.49. The minimum absolute atomic E-state index is 0.0930. The molecule has 2 aromatic rings. The van der Waals surface area contributed by atoms with Crippen LogP contribution in [0.25, 0.3) is 0 Å². The van der Waals surface area contributed by atoms with Gasteiger partial charge in [-0.3, -0.25) is 25.2 Å². The fraction of sp³-hybridized carbons (Fsp3) is 0.318. The fourth-order valence-electron chi connectivity index (χ4n) is 3.27. The van der Waals surface area contributed by atoms with Crippen LogP contribution in [0.5, 0.6) is 5.75 Å². The molecule has 8 heteroatoms. The molecule has 2 unspecified atom stereocenters. The Morgan fingerprint density at radius 3 is 2.33 bits per heavy atom. The molecule has 1 heterocycles. The van der Waals surface area contributed by atoms with Gasteiger partial charge in [0.15, 0.2) is 6.10 Å². The molecule has 0 aliphatic carbocycles. The summed E-state index contributed by atoms with van der Waals surface area (Å²) in [7, 11) is 0. The summed E-state index contributed by atoms with van der Waals surface area (Å²) in [5.41, 5.74) is 5.41. The number of hydrogen-bond acceptors (Lipinski definition) is 4. The van der Waals surface area contributed by atoms with Crippen molar-refractivity contribution in [3.63, 3.8) is 0 Å². The van der Waals surface area contributed by atoms with E-state index in [0.717, 1.165) is 12.8 Å². The topological polar surface area (TPSA) is 87.7 Å².